The van der Waals surface area contributed by atoms with Crippen LogP contribution in [0.25, 0.3) is 0 Å². The van der Waals surface area contributed by atoms with Gasteiger partial charge in [0.1, 0.15) is 0 Å². The first kappa shape index (κ1) is 13.9. The van der Waals surface area contributed by atoms with E-state index in [1.807, 2.05) is 44.6 Å². The van der Waals surface area contributed by atoms with Crippen LogP contribution in [0.5, 0.6) is 0 Å². The average Bonchev–Trinajstić information content (AvgIpc) is 2.38. The van der Waals surface area contributed by atoms with E-state index in [1.165, 1.54) is 0 Å². The minimum atomic E-state index is 0.169. The third-order valence-corrected chi connectivity index (χ3v) is 3.31. The molecule has 0 unspecified atom stereocenters. The highest BCUT2D eigenvalue weighted by molar-refractivity contribution is 7.98. The largest absolute Gasteiger partial charge is 0.347 e. The van der Waals surface area contributed by atoms with E-state index in [9.17, 15) is 0 Å². The summed E-state index contributed by atoms with van der Waals surface area (Å²) < 4.78 is 0. The molecule has 0 spiro atoms. The number of anilines is 3. The molecule has 0 atom stereocenters. The van der Waals surface area contributed by atoms with Crippen molar-refractivity contribution in [2.45, 2.75) is 4.90 Å². The zero-order valence-corrected chi connectivity index (χ0v) is 12.5. The molecule has 100 valence electrons. The Labute approximate surface area is 121 Å². The van der Waals surface area contributed by atoms with Gasteiger partial charge in [-0.25, -0.2) is 0 Å². The molecule has 19 heavy (non-hydrogen) atoms. The van der Waals surface area contributed by atoms with Crippen LogP contribution in [-0.4, -0.2) is 35.3 Å². The van der Waals surface area contributed by atoms with Gasteiger partial charge in [0.2, 0.25) is 17.2 Å². The third-order valence-electron chi connectivity index (χ3n) is 2.35. The molecule has 1 aromatic carbocycles. The summed E-state index contributed by atoms with van der Waals surface area (Å²) in [5, 5.41) is 3.33. The minimum Gasteiger partial charge on any atom is -0.347 e. The van der Waals surface area contributed by atoms with Gasteiger partial charge in [-0.05, 0) is 30.0 Å². The van der Waals surface area contributed by atoms with Crippen LogP contribution in [0, 0.1) is 0 Å². The molecular formula is C12H14ClN5S. The average molecular weight is 296 g/mol. The normalized spacial score (nSPS) is 10.3. The Morgan fingerprint density at radius 2 is 1.89 bits per heavy atom. The summed E-state index contributed by atoms with van der Waals surface area (Å²) in [7, 11) is 3.70. The van der Waals surface area contributed by atoms with Crippen LogP contribution in [0.15, 0.2) is 29.2 Å². The molecule has 0 amide bonds. The van der Waals surface area contributed by atoms with Gasteiger partial charge in [0.25, 0.3) is 0 Å². The zero-order valence-electron chi connectivity index (χ0n) is 10.9. The van der Waals surface area contributed by atoms with Crippen LogP contribution >= 0.6 is 23.4 Å². The fraction of sp³-hybridized carbons (Fsp3) is 0.250. The number of aromatic nitrogens is 3. The van der Waals surface area contributed by atoms with Gasteiger partial charge < -0.3 is 10.2 Å². The quantitative estimate of drug-likeness (QED) is 0.875. The maximum Gasteiger partial charge on any atom is 0.233 e. The summed E-state index contributed by atoms with van der Waals surface area (Å²) in [6.45, 7) is 0. The Hall–Kier alpha value is -1.53. The molecule has 2 aromatic rings. The predicted molar refractivity (Wildman–Crippen MR) is 80.7 cm³/mol. The molecular weight excluding hydrogens is 282 g/mol. The molecule has 0 radical (unpaired) electrons. The van der Waals surface area contributed by atoms with Gasteiger partial charge in [0, 0.05) is 19.0 Å². The Bertz CT molecular complexity index is 576. The predicted octanol–water partition coefficient (Wildman–Crippen LogP) is 3.06. The highest BCUT2D eigenvalue weighted by Crippen LogP contribution is 2.27. The van der Waals surface area contributed by atoms with Crippen molar-refractivity contribution in [2.75, 3.05) is 30.6 Å². The number of nitrogens with zero attached hydrogens (tertiary/aromatic N) is 4. The van der Waals surface area contributed by atoms with Crippen molar-refractivity contribution in [1.82, 2.24) is 15.0 Å². The Balaban J connectivity index is 2.32. The number of thioether (sulfide) groups is 1. The Morgan fingerprint density at radius 1 is 1.16 bits per heavy atom. The highest BCUT2D eigenvalue weighted by Gasteiger charge is 2.08. The number of nitrogens with one attached hydrogen (secondary N) is 1. The second-order valence-corrected chi connectivity index (χ2v) is 5.13. The smallest absolute Gasteiger partial charge is 0.233 e. The van der Waals surface area contributed by atoms with E-state index in [4.69, 9.17) is 11.6 Å². The van der Waals surface area contributed by atoms with Gasteiger partial charge in [-0.2, -0.15) is 15.0 Å². The van der Waals surface area contributed by atoms with Gasteiger partial charge in [-0.3, -0.25) is 0 Å². The standard InChI is InChI=1S/C12H14ClN5S/c1-18(2)12-16-10(13)15-11(17-12)14-8-6-4-5-7-9(8)19-3/h4-7H,1-3H3,(H,14,15,16,17). The summed E-state index contributed by atoms with van der Waals surface area (Å²) >= 11 is 7.55. The fourth-order valence-corrected chi connectivity index (χ4v) is 2.17. The van der Waals surface area contributed by atoms with Crippen LogP contribution in [0.1, 0.15) is 0 Å². The maximum atomic E-state index is 5.90. The van der Waals surface area contributed by atoms with Crippen molar-refractivity contribution < 1.29 is 0 Å². The summed E-state index contributed by atoms with van der Waals surface area (Å²) in [6.07, 6.45) is 2.02. The molecule has 7 heteroatoms. The minimum absolute atomic E-state index is 0.169. The van der Waals surface area contributed by atoms with Crippen LogP contribution < -0.4 is 10.2 Å². The molecule has 2 rings (SSSR count). The van der Waals surface area contributed by atoms with Crippen molar-refractivity contribution in [3.05, 3.63) is 29.5 Å². The van der Waals surface area contributed by atoms with Gasteiger partial charge >= 0.3 is 0 Å². The van der Waals surface area contributed by atoms with Crippen LogP contribution in [0.4, 0.5) is 17.6 Å². The van der Waals surface area contributed by atoms with E-state index in [0.29, 0.717) is 11.9 Å². The molecule has 0 aliphatic heterocycles. The number of hydrogen-bond donors (Lipinski definition) is 1. The lowest BCUT2D eigenvalue weighted by Crippen LogP contribution is -2.14. The van der Waals surface area contributed by atoms with E-state index < -0.39 is 0 Å². The molecule has 0 fully saturated rings. The zero-order chi connectivity index (χ0) is 13.8. The first-order valence-corrected chi connectivity index (χ1v) is 7.19. The Kier molecular flexibility index (Phi) is 4.44. The summed E-state index contributed by atoms with van der Waals surface area (Å²) in [5.74, 6) is 0.953. The van der Waals surface area contributed by atoms with E-state index in [0.717, 1.165) is 10.6 Å². The van der Waals surface area contributed by atoms with Gasteiger partial charge in [-0.1, -0.05) is 12.1 Å². The molecule has 0 aliphatic carbocycles. The first-order valence-electron chi connectivity index (χ1n) is 5.59. The maximum absolute atomic E-state index is 5.90. The van der Waals surface area contributed by atoms with Crippen LogP contribution in [-0.2, 0) is 0 Å². The Morgan fingerprint density at radius 3 is 2.58 bits per heavy atom. The lowest BCUT2D eigenvalue weighted by atomic mass is 10.3. The summed E-state index contributed by atoms with van der Waals surface area (Å²) in [6, 6.07) is 7.95. The molecule has 0 saturated heterocycles. The van der Waals surface area contributed by atoms with Gasteiger partial charge in [0.05, 0.1) is 5.69 Å². The van der Waals surface area contributed by atoms with Crippen LogP contribution in [0.3, 0.4) is 0 Å². The molecule has 0 aliphatic rings. The number of para-hydroxylation sites is 1. The molecule has 5 nitrogen and oxygen atoms in total. The van der Waals surface area contributed by atoms with Crippen molar-refractivity contribution >= 4 is 40.9 Å². The van der Waals surface area contributed by atoms with Crippen molar-refractivity contribution in [3.8, 4) is 0 Å². The fourth-order valence-electron chi connectivity index (χ4n) is 1.46. The van der Waals surface area contributed by atoms with Gasteiger partial charge in [0.15, 0.2) is 0 Å². The van der Waals surface area contributed by atoms with E-state index in [-0.39, 0.29) is 5.28 Å². The molecule has 0 saturated carbocycles. The topological polar surface area (TPSA) is 53.9 Å². The number of rotatable bonds is 4. The number of benzene rings is 1. The number of halogens is 1. The summed E-state index contributed by atoms with van der Waals surface area (Å²) in [4.78, 5) is 15.3. The number of hydrogen-bond acceptors (Lipinski definition) is 6. The van der Waals surface area contributed by atoms with E-state index >= 15 is 0 Å². The van der Waals surface area contributed by atoms with Crippen molar-refractivity contribution in [3.63, 3.8) is 0 Å². The molecule has 1 aromatic heterocycles. The SMILES string of the molecule is CSc1ccccc1Nc1nc(Cl)nc(N(C)C)n1. The van der Waals surface area contributed by atoms with Crippen molar-refractivity contribution in [2.24, 2.45) is 0 Å². The third kappa shape index (κ3) is 3.48. The second-order valence-electron chi connectivity index (χ2n) is 3.95. The molecule has 1 heterocycles. The lowest BCUT2D eigenvalue weighted by molar-refractivity contribution is 0.960. The summed E-state index contributed by atoms with van der Waals surface area (Å²) in [5.41, 5.74) is 0.946. The second kappa shape index (κ2) is 6.08. The highest BCUT2D eigenvalue weighted by atomic mass is 35.5. The molecule has 0 bridgehead atoms. The van der Waals surface area contributed by atoms with Crippen LogP contribution in [0.2, 0.25) is 5.28 Å². The lowest BCUT2D eigenvalue weighted by Gasteiger charge is -2.13. The van der Waals surface area contributed by atoms with Crippen molar-refractivity contribution in [1.29, 1.82) is 0 Å². The first-order chi connectivity index (χ1) is 9.10. The van der Waals surface area contributed by atoms with Gasteiger partial charge in [-0.15, -0.1) is 11.8 Å². The molecule has 1 N–H and O–H groups in total. The van der Waals surface area contributed by atoms with E-state index in [1.54, 1.807) is 16.7 Å². The monoisotopic (exact) mass is 295 g/mol. The van der Waals surface area contributed by atoms with E-state index in [2.05, 4.69) is 20.3 Å².